The van der Waals surface area contributed by atoms with Gasteiger partial charge in [-0.2, -0.15) is 5.10 Å². The van der Waals surface area contributed by atoms with Crippen molar-refractivity contribution in [3.63, 3.8) is 0 Å². The zero-order valence-corrected chi connectivity index (χ0v) is 15.5. The summed E-state index contributed by atoms with van der Waals surface area (Å²) in [4.78, 5) is 12.1. The number of halogens is 2. The first-order valence-electron chi connectivity index (χ1n) is 7.54. The van der Waals surface area contributed by atoms with E-state index >= 15 is 0 Å². The van der Waals surface area contributed by atoms with E-state index in [2.05, 4.69) is 26.3 Å². The van der Waals surface area contributed by atoms with E-state index in [1.54, 1.807) is 29.1 Å². The number of nitrogens with zero attached hydrogens (tertiary/aromatic N) is 2. The van der Waals surface area contributed by atoms with Gasteiger partial charge in [-0.05, 0) is 35.9 Å². The highest BCUT2D eigenvalue weighted by molar-refractivity contribution is 9.10. The van der Waals surface area contributed by atoms with Gasteiger partial charge in [0.2, 0.25) is 0 Å². The van der Waals surface area contributed by atoms with Gasteiger partial charge >= 0.3 is 0 Å². The van der Waals surface area contributed by atoms with E-state index in [0.717, 1.165) is 10.0 Å². The molecule has 1 aromatic heterocycles. The van der Waals surface area contributed by atoms with Crippen LogP contribution in [-0.4, -0.2) is 22.3 Å². The maximum atomic E-state index is 12.1. The average Bonchev–Trinajstić information content (AvgIpc) is 3.00. The number of hydrogen-bond donors (Lipinski definition) is 1. The number of ether oxygens (including phenoxy) is 1. The van der Waals surface area contributed by atoms with E-state index in [1.165, 1.54) is 0 Å². The fraction of sp³-hybridized carbons (Fsp3) is 0.111. The Balaban J connectivity index is 1.59. The van der Waals surface area contributed by atoms with Gasteiger partial charge in [0.1, 0.15) is 11.6 Å². The lowest BCUT2D eigenvalue weighted by atomic mass is 10.2. The number of rotatable bonds is 6. The van der Waals surface area contributed by atoms with Gasteiger partial charge in [0.25, 0.3) is 5.91 Å². The van der Waals surface area contributed by atoms with Crippen LogP contribution >= 0.6 is 27.5 Å². The number of hydrogen-bond acceptors (Lipinski definition) is 3. The molecule has 1 N–H and O–H groups in total. The predicted molar refractivity (Wildman–Crippen MR) is 101 cm³/mol. The normalized spacial score (nSPS) is 10.5. The molecule has 128 valence electrons. The van der Waals surface area contributed by atoms with Crippen LogP contribution < -0.4 is 10.1 Å². The number of carbonyl (C=O) groups is 1. The number of anilines is 1. The summed E-state index contributed by atoms with van der Waals surface area (Å²) in [6.45, 7) is 0.425. The third kappa shape index (κ3) is 5.08. The highest BCUT2D eigenvalue weighted by Crippen LogP contribution is 2.18. The number of benzene rings is 2. The first-order chi connectivity index (χ1) is 12.1. The Bertz CT molecular complexity index is 882. The van der Waals surface area contributed by atoms with E-state index in [4.69, 9.17) is 16.3 Å². The van der Waals surface area contributed by atoms with Crippen LogP contribution in [-0.2, 0) is 11.3 Å². The van der Waals surface area contributed by atoms with E-state index in [9.17, 15) is 4.79 Å². The SMILES string of the molecule is O=C(COc1cccc(Br)c1)Nc1ccnn1Cc1cccc(Cl)c1. The fourth-order valence-corrected chi connectivity index (χ4v) is 2.85. The maximum absolute atomic E-state index is 12.1. The summed E-state index contributed by atoms with van der Waals surface area (Å²) in [5, 5.41) is 7.70. The molecule has 0 atom stereocenters. The highest BCUT2D eigenvalue weighted by atomic mass is 79.9. The zero-order chi connectivity index (χ0) is 17.6. The van der Waals surface area contributed by atoms with Gasteiger partial charge in [-0.25, -0.2) is 4.68 Å². The van der Waals surface area contributed by atoms with E-state index in [0.29, 0.717) is 23.1 Å². The molecule has 0 fully saturated rings. The summed E-state index contributed by atoms with van der Waals surface area (Å²) in [6.07, 6.45) is 1.63. The fourth-order valence-electron chi connectivity index (χ4n) is 2.26. The molecular formula is C18H15BrClN3O2. The molecule has 1 amide bonds. The Labute approximate surface area is 158 Å². The zero-order valence-electron chi connectivity index (χ0n) is 13.2. The smallest absolute Gasteiger partial charge is 0.263 e. The molecule has 1 heterocycles. The van der Waals surface area contributed by atoms with E-state index in [1.807, 2.05) is 36.4 Å². The predicted octanol–water partition coefficient (Wildman–Crippen LogP) is 4.36. The molecule has 25 heavy (non-hydrogen) atoms. The summed E-state index contributed by atoms with van der Waals surface area (Å²) >= 11 is 9.36. The Kier molecular flexibility index (Phi) is 5.73. The topological polar surface area (TPSA) is 56.1 Å². The highest BCUT2D eigenvalue weighted by Gasteiger charge is 2.09. The third-order valence-electron chi connectivity index (χ3n) is 3.37. The van der Waals surface area contributed by atoms with E-state index in [-0.39, 0.29) is 12.5 Å². The number of nitrogens with one attached hydrogen (secondary N) is 1. The van der Waals surface area contributed by atoms with Crippen LogP contribution in [0.3, 0.4) is 0 Å². The van der Waals surface area contributed by atoms with Crippen LogP contribution in [0.2, 0.25) is 5.02 Å². The number of carbonyl (C=O) groups excluding carboxylic acids is 1. The number of aromatic nitrogens is 2. The molecule has 3 aromatic rings. The van der Waals surface area contributed by atoms with Crippen molar-refractivity contribution >= 4 is 39.3 Å². The second-order valence-electron chi connectivity index (χ2n) is 5.30. The van der Waals surface area contributed by atoms with Crippen molar-refractivity contribution in [1.29, 1.82) is 0 Å². The second kappa shape index (κ2) is 8.18. The van der Waals surface area contributed by atoms with Crippen molar-refractivity contribution in [3.8, 4) is 5.75 Å². The molecule has 0 aliphatic carbocycles. The maximum Gasteiger partial charge on any atom is 0.263 e. The monoisotopic (exact) mass is 419 g/mol. The van der Waals surface area contributed by atoms with Gasteiger partial charge in [0.15, 0.2) is 6.61 Å². The van der Waals surface area contributed by atoms with Crippen molar-refractivity contribution in [2.24, 2.45) is 0 Å². The molecule has 5 nitrogen and oxygen atoms in total. The Morgan fingerprint density at radius 3 is 2.84 bits per heavy atom. The second-order valence-corrected chi connectivity index (χ2v) is 6.65. The first-order valence-corrected chi connectivity index (χ1v) is 8.72. The van der Waals surface area contributed by atoms with Crippen molar-refractivity contribution in [1.82, 2.24) is 9.78 Å². The lowest BCUT2D eigenvalue weighted by molar-refractivity contribution is -0.118. The quantitative estimate of drug-likeness (QED) is 0.644. The van der Waals surface area contributed by atoms with Gasteiger partial charge in [-0.1, -0.05) is 45.7 Å². The van der Waals surface area contributed by atoms with Crippen molar-refractivity contribution in [2.45, 2.75) is 6.54 Å². The summed E-state index contributed by atoms with van der Waals surface area (Å²) < 4.78 is 8.07. The minimum Gasteiger partial charge on any atom is -0.484 e. The average molecular weight is 421 g/mol. The lowest BCUT2D eigenvalue weighted by Gasteiger charge is -2.10. The summed E-state index contributed by atoms with van der Waals surface area (Å²) in [6, 6.07) is 16.6. The van der Waals surface area contributed by atoms with Crippen LogP contribution in [0.15, 0.2) is 65.3 Å². The molecule has 0 saturated carbocycles. The molecular weight excluding hydrogens is 406 g/mol. The Morgan fingerprint density at radius 1 is 1.20 bits per heavy atom. The summed E-state index contributed by atoms with van der Waals surface area (Å²) in [5.41, 5.74) is 0.997. The van der Waals surface area contributed by atoms with Crippen LogP contribution in [0.25, 0.3) is 0 Å². The van der Waals surface area contributed by atoms with Crippen LogP contribution in [0.1, 0.15) is 5.56 Å². The molecule has 0 unspecified atom stereocenters. The van der Waals surface area contributed by atoms with Crippen molar-refractivity contribution in [3.05, 3.63) is 75.9 Å². The summed E-state index contributed by atoms with van der Waals surface area (Å²) in [7, 11) is 0. The molecule has 3 rings (SSSR count). The Hall–Kier alpha value is -2.31. The minimum atomic E-state index is -0.257. The number of amides is 1. The first kappa shape index (κ1) is 17.5. The molecule has 0 radical (unpaired) electrons. The van der Waals surface area contributed by atoms with E-state index < -0.39 is 0 Å². The van der Waals surface area contributed by atoms with Gasteiger partial charge in [-0.15, -0.1) is 0 Å². The van der Waals surface area contributed by atoms with Crippen LogP contribution in [0.4, 0.5) is 5.82 Å². The standard InChI is InChI=1S/C18H15BrClN3O2/c19-14-4-2-6-16(10-14)25-12-18(24)22-17-7-8-21-23(17)11-13-3-1-5-15(20)9-13/h1-10H,11-12H2,(H,22,24). The molecule has 7 heteroatoms. The van der Waals surface area contributed by atoms with Crippen molar-refractivity contribution < 1.29 is 9.53 Å². The summed E-state index contributed by atoms with van der Waals surface area (Å²) in [5.74, 6) is 0.965. The lowest BCUT2D eigenvalue weighted by Crippen LogP contribution is -2.22. The molecule has 2 aromatic carbocycles. The minimum absolute atomic E-state index is 0.0845. The largest absolute Gasteiger partial charge is 0.484 e. The molecule has 0 saturated heterocycles. The van der Waals surface area contributed by atoms with Crippen LogP contribution in [0.5, 0.6) is 5.75 Å². The molecule has 0 aliphatic rings. The molecule has 0 spiro atoms. The van der Waals surface area contributed by atoms with Gasteiger partial charge in [-0.3, -0.25) is 4.79 Å². The molecule has 0 bridgehead atoms. The van der Waals surface area contributed by atoms with Gasteiger partial charge in [0, 0.05) is 15.6 Å². The van der Waals surface area contributed by atoms with Gasteiger partial charge in [0.05, 0.1) is 12.7 Å². The molecule has 0 aliphatic heterocycles. The Morgan fingerprint density at radius 2 is 2.04 bits per heavy atom. The van der Waals surface area contributed by atoms with Crippen LogP contribution in [0, 0.1) is 0 Å². The van der Waals surface area contributed by atoms with Gasteiger partial charge < -0.3 is 10.1 Å². The third-order valence-corrected chi connectivity index (χ3v) is 4.10. The van der Waals surface area contributed by atoms with Crippen molar-refractivity contribution in [2.75, 3.05) is 11.9 Å².